The summed E-state index contributed by atoms with van der Waals surface area (Å²) < 4.78 is 53.6. The fraction of sp³-hybridized carbons (Fsp3) is 0.417. The van der Waals surface area contributed by atoms with Crippen molar-refractivity contribution in [3.63, 3.8) is 0 Å². The third-order valence-corrected chi connectivity index (χ3v) is 7.36. The second-order valence-electron chi connectivity index (χ2n) is 8.65. The summed E-state index contributed by atoms with van der Waals surface area (Å²) in [6, 6.07) is 2.21. The lowest BCUT2D eigenvalue weighted by Gasteiger charge is -2.31. The number of amidine groups is 1. The smallest absolute Gasteiger partial charge is 0.338 e. The van der Waals surface area contributed by atoms with Crippen LogP contribution in [0.1, 0.15) is 30.0 Å². The number of ether oxygens (including phenoxy) is 2. The van der Waals surface area contributed by atoms with Crippen molar-refractivity contribution in [3.05, 3.63) is 61.9 Å². The number of carbonyl (C=O) groups is 2. The van der Waals surface area contributed by atoms with Gasteiger partial charge in [-0.25, -0.2) is 27.7 Å². The lowest BCUT2D eigenvalue weighted by molar-refractivity contribution is -0.143. The molecular weight excluding hydrogens is 593 g/mol. The van der Waals surface area contributed by atoms with E-state index in [0.29, 0.717) is 20.9 Å². The zero-order valence-corrected chi connectivity index (χ0v) is 22.5. The normalized spacial score (nSPS) is 21.2. The monoisotopic (exact) mass is 616 g/mol. The molecule has 204 valence electrons. The number of carbonyl (C=O) groups excluding carboxylic acids is 1. The molecule has 1 saturated heterocycles. The van der Waals surface area contributed by atoms with Crippen molar-refractivity contribution >= 4 is 45.0 Å². The number of thiazole rings is 1. The summed E-state index contributed by atoms with van der Waals surface area (Å²) in [7, 11) is 0. The molecule has 2 aliphatic heterocycles. The molecule has 2 atom stereocenters. The number of alkyl halides is 2. The van der Waals surface area contributed by atoms with Gasteiger partial charge in [0.05, 0.1) is 25.3 Å². The van der Waals surface area contributed by atoms with Crippen LogP contribution >= 0.6 is 27.3 Å². The number of aliphatic carboxylic acids is 1. The molecule has 1 unspecified atom stereocenters. The van der Waals surface area contributed by atoms with E-state index in [-0.39, 0.29) is 31.0 Å². The van der Waals surface area contributed by atoms with E-state index >= 15 is 0 Å². The highest BCUT2D eigenvalue weighted by molar-refractivity contribution is 9.10. The zero-order chi connectivity index (χ0) is 27.4. The summed E-state index contributed by atoms with van der Waals surface area (Å²) in [6.45, 7) is 0.0903. The molecule has 4 rings (SSSR count). The molecule has 2 aromatic rings. The maximum absolute atomic E-state index is 14.5. The average molecular weight is 617 g/mol. The minimum Gasteiger partial charge on any atom is -0.480 e. The largest absolute Gasteiger partial charge is 0.480 e. The minimum absolute atomic E-state index is 0.0589. The number of likely N-dealkylation sites (tertiary alicyclic amines) is 1. The predicted octanol–water partition coefficient (Wildman–Crippen LogP) is 3.76. The molecule has 14 heteroatoms. The van der Waals surface area contributed by atoms with E-state index in [1.54, 1.807) is 18.5 Å². The molecule has 0 radical (unpaired) electrons. The fourth-order valence-electron chi connectivity index (χ4n) is 4.37. The Bertz CT molecular complexity index is 1260. The van der Waals surface area contributed by atoms with E-state index in [9.17, 15) is 22.8 Å². The lowest BCUT2D eigenvalue weighted by atomic mass is 9.95. The number of nitrogens with one attached hydrogen (secondary N) is 1. The van der Waals surface area contributed by atoms with Gasteiger partial charge in [-0.1, -0.05) is 22.0 Å². The summed E-state index contributed by atoms with van der Waals surface area (Å²) in [6.07, 6.45) is 1.04. The Hall–Kier alpha value is -2.81. The Morgan fingerprint density at radius 1 is 1.37 bits per heavy atom. The van der Waals surface area contributed by atoms with Crippen LogP contribution in [0.5, 0.6) is 0 Å². The molecule has 0 spiro atoms. The van der Waals surface area contributed by atoms with Gasteiger partial charge in [-0.2, -0.15) is 0 Å². The highest BCUT2D eigenvalue weighted by Crippen LogP contribution is 2.38. The van der Waals surface area contributed by atoms with E-state index in [1.807, 2.05) is 0 Å². The van der Waals surface area contributed by atoms with Gasteiger partial charge in [-0.05, 0) is 24.6 Å². The number of carboxylic acid groups (broad SMARTS) is 1. The number of hydrogen-bond donors (Lipinski definition) is 2. The second-order valence-corrected chi connectivity index (χ2v) is 10.4. The van der Waals surface area contributed by atoms with E-state index in [0.717, 1.165) is 0 Å². The van der Waals surface area contributed by atoms with Crippen LogP contribution in [0.25, 0.3) is 0 Å². The van der Waals surface area contributed by atoms with Crippen molar-refractivity contribution in [2.75, 3.05) is 32.9 Å². The summed E-state index contributed by atoms with van der Waals surface area (Å²) in [5.41, 5.74) is 0.821. The van der Waals surface area contributed by atoms with Crippen LogP contribution in [0, 0.1) is 5.82 Å². The Balaban J connectivity index is 1.76. The number of hydrogen-bond acceptors (Lipinski definition) is 9. The van der Waals surface area contributed by atoms with Crippen LogP contribution in [-0.2, 0) is 19.1 Å². The van der Waals surface area contributed by atoms with Gasteiger partial charge >= 0.3 is 11.9 Å². The third-order valence-electron chi connectivity index (χ3n) is 5.90. The fourth-order valence-corrected chi connectivity index (χ4v) is 5.52. The standard InChI is InChI=1S/C24H24BrF3N4O5S/c1-2-37-23(35)19-17(9-32-12-24(27,28)8-14(32)10-36-11-18(33)34)30-21(22-29-5-6-38-22)31-20(19)15-4-3-13(26)7-16(15)25/h3-7,14,20H,2,8-12H2,1H3,(H,30,31)(H,33,34)/t14?,20-/m0/s1. The van der Waals surface area contributed by atoms with E-state index in [1.165, 1.54) is 34.4 Å². The summed E-state index contributed by atoms with van der Waals surface area (Å²) >= 11 is 4.64. The van der Waals surface area contributed by atoms with Gasteiger partial charge in [-0.15, -0.1) is 11.3 Å². The van der Waals surface area contributed by atoms with Crippen molar-refractivity contribution < 1.29 is 37.3 Å². The molecule has 9 nitrogen and oxygen atoms in total. The molecule has 0 aliphatic carbocycles. The zero-order valence-electron chi connectivity index (χ0n) is 20.1. The van der Waals surface area contributed by atoms with Crippen molar-refractivity contribution in [3.8, 4) is 0 Å². The number of carboxylic acids is 1. The van der Waals surface area contributed by atoms with Crippen LogP contribution in [0.15, 0.2) is 50.5 Å². The Morgan fingerprint density at radius 2 is 2.16 bits per heavy atom. The third kappa shape index (κ3) is 6.60. The number of esters is 1. The van der Waals surface area contributed by atoms with Crippen molar-refractivity contribution in [1.82, 2.24) is 15.2 Å². The first-order valence-electron chi connectivity index (χ1n) is 11.6. The van der Waals surface area contributed by atoms with Crippen LogP contribution in [0.2, 0.25) is 0 Å². The average Bonchev–Trinajstić information content (AvgIpc) is 3.46. The van der Waals surface area contributed by atoms with Gasteiger partial charge in [0.1, 0.15) is 18.5 Å². The summed E-state index contributed by atoms with van der Waals surface area (Å²) in [4.78, 5) is 34.5. The number of nitrogens with zero attached hydrogens (tertiary/aromatic N) is 3. The summed E-state index contributed by atoms with van der Waals surface area (Å²) in [5.74, 6) is -5.14. The van der Waals surface area contributed by atoms with E-state index in [2.05, 4.69) is 26.2 Å². The highest BCUT2D eigenvalue weighted by Gasteiger charge is 2.46. The van der Waals surface area contributed by atoms with Gasteiger partial charge in [0.25, 0.3) is 5.92 Å². The maximum Gasteiger partial charge on any atom is 0.338 e. The van der Waals surface area contributed by atoms with E-state index in [4.69, 9.17) is 19.6 Å². The molecule has 3 heterocycles. The SMILES string of the molecule is CCOC(=O)C1=C(CN2CC(F)(F)CC2COCC(=O)O)NC(c2nccs2)=N[C@H]1c1ccc(F)cc1Br. The van der Waals surface area contributed by atoms with Crippen LogP contribution < -0.4 is 5.32 Å². The number of halogens is 4. The predicted molar refractivity (Wildman–Crippen MR) is 136 cm³/mol. The van der Waals surface area contributed by atoms with E-state index < -0.39 is 55.3 Å². The summed E-state index contributed by atoms with van der Waals surface area (Å²) in [5, 5.41) is 14.2. The van der Waals surface area contributed by atoms with Gasteiger partial charge in [0.2, 0.25) is 0 Å². The Morgan fingerprint density at radius 3 is 2.82 bits per heavy atom. The van der Waals surface area contributed by atoms with Crippen molar-refractivity contribution in [2.24, 2.45) is 4.99 Å². The molecule has 1 aromatic heterocycles. The van der Waals surface area contributed by atoms with Gasteiger partial charge < -0.3 is 19.9 Å². The first-order chi connectivity index (χ1) is 18.1. The number of benzene rings is 1. The second kappa shape index (κ2) is 11.9. The van der Waals surface area contributed by atoms with Crippen molar-refractivity contribution in [1.29, 1.82) is 0 Å². The number of aliphatic imine (C=N–C) groups is 1. The topological polar surface area (TPSA) is 113 Å². The van der Waals surface area contributed by atoms with Crippen LogP contribution in [0.4, 0.5) is 13.2 Å². The molecule has 0 saturated carbocycles. The molecule has 0 bridgehead atoms. The van der Waals surface area contributed by atoms with Gasteiger partial charge in [0, 0.05) is 40.8 Å². The van der Waals surface area contributed by atoms with Crippen molar-refractivity contribution in [2.45, 2.75) is 31.4 Å². The molecule has 38 heavy (non-hydrogen) atoms. The number of rotatable bonds is 10. The van der Waals surface area contributed by atoms with Gasteiger partial charge in [0.15, 0.2) is 10.8 Å². The van der Waals surface area contributed by atoms with Gasteiger partial charge in [-0.3, -0.25) is 9.89 Å². The molecular formula is C24H24BrF3N4O5S. The molecule has 0 amide bonds. The maximum atomic E-state index is 14.5. The first-order valence-corrected chi connectivity index (χ1v) is 13.3. The minimum atomic E-state index is -3.04. The quantitative estimate of drug-likeness (QED) is 0.388. The lowest BCUT2D eigenvalue weighted by Crippen LogP contribution is -2.42. The first kappa shape index (κ1) is 28.2. The molecule has 1 aromatic carbocycles. The molecule has 1 fully saturated rings. The Labute approximate surface area is 228 Å². The molecule has 2 N–H and O–H groups in total. The molecule has 2 aliphatic rings. The highest BCUT2D eigenvalue weighted by atomic mass is 79.9. The van der Waals surface area contributed by atoms with Crippen LogP contribution in [0.3, 0.4) is 0 Å². The number of aromatic nitrogens is 1. The Kier molecular flexibility index (Phi) is 8.85. The van der Waals surface area contributed by atoms with Crippen LogP contribution in [-0.4, -0.2) is 77.6 Å².